The molecular formula is C26H42O4. The highest BCUT2D eigenvalue weighted by molar-refractivity contribution is 5.66. The van der Waals surface area contributed by atoms with Crippen molar-refractivity contribution in [3.05, 3.63) is 0 Å². The van der Waals surface area contributed by atoms with Crippen LogP contribution in [0.3, 0.4) is 0 Å². The molecule has 9 atom stereocenters. The van der Waals surface area contributed by atoms with E-state index in [9.17, 15) is 9.59 Å². The number of ether oxygens (including phenoxy) is 1. The molecule has 0 amide bonds. The summed E-state index contributed by atoms with van der Waals surface area (Å²) in [7, 11) is 0. The Morgan fingerprint density at radius 1 is 1.00 bits per heavy atom. The molecule has 0 aromatic rings. The summed E-state index contributed by atoms with van der Waals surface area (Å²) >= 11 is 0. The summed E-state index contributed by atoms with van der Waals surface area (Å²) in [5.74, 6) is 3.60. The van der Waals surface area contributed by atoms with E-state index in [4.69, 9.17) is 9.84 Å². The SMILES string of the molecule is CC(=O)O[C@@H]1CC[C@@]2(C)[C@H](CC[C@@H]3[C@H]2CC[C@]2(C)[C@@H]([C@H](C)CCC(=O)O)CC[C@@H]32)C1. The third-order valence-corrected chi connectivity index (χ3v) is 10.5. The van der Waals surface area contributed by atoms with Crippen molar-refractivity contribution < 1.29 is 19.4 Å². The summed E-state index contributed by atoms with van der Waals surface area (Å²) in [6, 6.07) is 0. The number of carbonyl (C=O) groups is 2. The van der Waals surface area contributed by atoms with Gasteiger partial charge in [0.15, 0.2) is 0 Å². The molecule has 4 heteroatoms. The van der Waals surface area contributed by atoms with Crippen LogP contribution in [0.4, 0.5) is 0 Å². The van der Waals surface area contributed by atoms with Gasteiger partial charge in [-0.1, -0.05) is 20.8 Å². The van der Waals surface area contributed by atoms with E-state index in [0.29, 0.717) is 35.0 Å². The van der Waals surface area contributed by atoms with Crippen molar-refractivity contribution in [1.29, 1.82) is 0 Å². The van der Waals surface area contributed by atoms with Crippen LogP contribution in [0.15, 0.2) is 0 Å². The molecule has 170 valence electrons. The fourth-order valence-corrected chi connectivity index (χ4v) is 9.09. The molecule has 4 nitrogen and oxygen atoms in total. The van der Waals surface area contributed by atoms with Crippen LogP contribution >= 0.6 is 0 Å². The Balaban J connectivity index is 1.47. The van der Waals surface area contributed by atoms with Crippen LogP contribution in [0.5, 0.6) is 0 Å². The van der Waals surface area contributed by atoms with Crippen molar-refractivity contribution in [1.82, 2.24) is 0 Å². The first-order chi connectivity index (χ1) is 14.1. The third-order valence-electron chi connectivity index (χ3n) is 10.5. The molecule has 0 heterocycles. The first-order valence-corrected chi connectivity index (χ1v) is 12.5. The zero-order chi connectivity index (χ0) is 21.7. The Kier molecular flexibility index (Phi) is 6.00. The summed E-state index contributed by atoms with van der Waals surface area (Å²) in [5.41, 5.74) is 0.811. The average molecular weight is 419 g/mol. The number of fused-ring (bicyclic) bond motifs is 5. The third kappa shape index (κ3) is 3.71. The number of carboxylic acid groups (broad SMARTS) is 1. The molecule has 0 spiro atoms. The van der Waals surface area contributed by atoms with Gasteiger partial charge in [-0.05, 0) is 111 Å². The molecule has 0 unspecified atom stereocenters. The Morgan fingerprint density at radius 3 is 2.40 bits per heavy atom. The number of rotatable bonds is 5. The minimum atomic E-state index is -0.652. The van der Waals surface area contributed by atoms with E-state index in [1.165, 1.54) is 44.9 Å². The lowest BCUT2D eigenvalue weighted by atomic mass is 9.44. The molecule has 4 aliphatic rings. The second kappa shape index (κ2) is 8.13. The lowest BCUT2D eigenvalue weighted by molar-refractivity contribution is -0.160. The maximum Gasteiger partial charge on any atom is 0.303 e. The largest absolute Gasteiger partial charge is 0.481 e. The number of aliphatic carboxylic acids is 1. The first kappa shape index (κ1) is 22.1. The topological polar surface area (TPSA) is 63.6 Å². The molecule has 4 rings (SSSR count). The monoisotopic (exact) mass is 418 g/mol. The summed E-state index contributed by atoms with van der Waals surface area (Å²) < 4.78 is 5.61. The fraction of sp³-hybridized carbons (Fsp3) is 0.923. The van der Waals surface area contributed by atoms with E-state index in [0.717, 1.165) is 37.0 Å². The predicted octanol–water partition coefficient (Wildman–Crippen LogP) is 6.08. The van der Waals surface area contributed by atoms with Crippen molar-refractivity contribution >= 4 is 11.9 Å². The Bertz CT molecular complexity index is 674. The second-order valence-corrected chi connectivity index (χ2v) is 11.8. The van der Waals surface area contributed by atoms with E-state index < -0.39 is 5.97 Å². The fourth-order valence-electron chi connectivity index (χ4n) is 9.09. The molecular weight excluding hydrogens is 376 g/mol. The Hall–Kier alpha value is -1.06. The first-order valence-electron chi connectivity index (χ1n) is 12.5. The highest BCUT2D eigenvalue weighted by Gasteiger charge is 2.60. The van der Waals surface area contributed by atoms with Gasteiger partial charge in [-0.3, -0.25) is 9.59 Å². The van der Waals surface area contributed by atoms with Crippen LogP contribution in [0, 0.1) is 46.3 Å². The van der Waals surface area contributed by atoms with Gasteiger partial charge in [0.2, 0.25) is 0 Å². The average Bonchev–Trinajstić information content (AvgIpc) is 3.03. The van der Waals surface area contributed by atoms with Crippen molar-refractivity contribution in [2.24, 2.45) is 46.3 Å². The minimum Gasteiger partial charge on any atom is -0.481 e. The molecule has 0 aromatic heterocycles. The molecule has 0 radical (unpaired) electrons. The minimum absolute atomic E-state index is 0.125. The van der Waals surface area contributed by atoms with E-state index in [-0.39, 0.29) is 12.1 Å². The number of esters is 1. The van der Waals surface area contributed by atoms with Gasteiger partial charge in [0.05, 0.1) is 0 Å². The zero-order valence-electron chi connectivity index (χ0n) is 19.5. The van der Waals surface area contributed by atoms with E-state index >= 15 is 0 Å². The van der Waals surface area contributed by atoms with Crippen molar-refractivity contribution in [3.8, 4) is 0 Å². The molecule has 30 heavy (non-hydrogen) atoms. The van der Waals surface area contributed by atoms with Crippen LogP contribution in [-0.2, 0) is 14.3 Å². The normalized spacial score (nSPS) is 46.3. The van der Waals surface area contributed by atoms with Crippen LogP contribution < -0.4 is 0 Å². The lowest BCUT2D eigenvalue weighted by Gasteiger charge is -2.61. The summed E-state index contributed by atoms with van der Waals surface area (Å²) in [6.07, 6.45) is 12.5. The highest BCUT2D eigenvalue weighted by atomic mass is 16.5. The van der Waals surface area contributed by atoms with E-state index in [1.54, 1.807) is 6.92 Å². The lowest BCUT2D eigenvalue weighted by Crippen LogP contribution is -2.54. The van der Waals surface area contributed by atoms with Crippen LogP contribution in [0.2, 0.25) is 0 Å². The van der Waals surface area contributed by atoms with E-state index in [2.05, 4.69) is 20.8 Å². The maximum atomic E-state index is 11.5. The summed E-state index contributed by atoms with van der Waals surface area (Å²) in [5, 5.41) is 9.13. The number of carboxylic acids is 1. The number of hydrogen-bond acceptors (Lipinski definition) is 3. The van der Waals surface area contributed by atoms with Gasteiger partial charge in [0.25, 0.3) is 0 Å². The maximum absolute atomic E-state index is 11.5. The Labute approximate surface area is 182 Å². The van der Waals surface area contributed by atoms with Gasteiger partial charge in [-0.2, -0.15) is 0 Å². The van der Waals surface area contributed by atoms with Gasteiger partial charge in [-0.15, -0.1) is 0 Å². The summed E-state index contributed by atoms with van der Waals surface area (Å²) in [4.78, 5) is 22.5. The molecule has 0 saturated heterocycles. The molecule has 0 aromatic carbocycles. The van der Waals surface area contributed by atoms with Crippen LogP contribution in [0.25, 0.3) is 0 Å². The zero-order valence-corrected chi connectivity index (χ0v) is 19.5. The molecule has 0 bridgehead atoms. The van der Waals surface area contributed by atoms with Gasteiger partial charge in [0, 0.05) is 13.3 Å². The summed E-state index contributed by atoms with van der Waals surface area (Å²) in [6.45, 7) is 8.96. The van der Waals surface area contributed by atoms with Gasteiger partial charge in [-0.25, -0.2) is 0 Å². The highest BCUT2D eigenvalue weighted by Crippen LogP contribution is 2.68. The van der Waals surface area contributed by atoms with Crippen molar-refractivity contribution in [3.63, 3.8) is 0 Å². The van der Waals surface area contributed by atoms with Crippen LogP contribution in [0.1, 0.15) is 98.3 Å². The Morgan fingerprint density at radius 2 is 1.70 bits per heavy atom. The molecule has 0 aliphatic heterocycles. The van der Waals surface area contributed by atoms with Gasteiger partial charge < -0.3 is 9.84 Å². The predicted molar refractivity (Wildman–Crippen MR) is 117 cm³/mol. The van der Waals surface area contributed by atoms with Crippen LogP contribution in [-0.4, -0.2) is 23.1 Å². The van der Waals surface area contributed by atoms with Crippen molar-refractivity contribution in [2.75, 3.05) is 0 Å². The van der Waals surface area contributed by atoms with Gasteiger partial charge >= 0.3 is 11.9 Å². The van der Waals surface area contributed by atoms with E-state index in [1.807, 2.05) is 0 Å². The van der Waals surface area contributed by atoms with Gasteiger partial charge in [0.1, 0.15) is 6.10 Å². The quantitative estimate of drug-likeness (QED) is 0.550. The molecule has 4 aliphatic carbocycles. The molecule has 4 fully saturated rings. The standard InChI is InChI=1S/C26H42O4/c1-16(5-10-24(28)29)21-8-9-22-20-7-6-18-15-19(30-17(2)27)11-13-25(18,3)23(20)12-14-26(21,22)4/h16,18-23H,5-15H2,1-4H3,(H,28,29)/t16-,18-,19-,20+,21-,22+,23-,25+,26-/m1/s1. The number of carbonyl (C=O) groups excluding carboxylic acids is 1. The second-order valence-electron chi connectivity index (χ2n) is 11.8. The van der Waals surface area contributed by atoms with Crippen molar-refractivity contribution in [2.45, 2.75) is 104 Å². The number of hydrogen-bond donors (Lipinski definition) is 1. The molecule has 4 saturated carbocycles. The smallest absolute Gasteiger partial charge is 0.303 e. The molecule has 1 N–H and O–H groups in total.